The van der Waals surface area contributed by atoms with Gasteiger partial charge in [-0.05, 0) is 36.6 Å². The zero-order valence-electron chi connectivity index (χ0n) is 14.2. The summed E-state index contributed by atoms with van der Waals surface area (Å²) in [5.41, 5.74) is 3.76. The lowest BCUT2D eigenvalue weighted by Gasteiger charge is -2.10. The van der Waals surface area contributed by atoms with E-state index in [-0.39, 0.29) is 6.54 Å². The number of nitrogens with zero attached hydrogens (tertiary/aromatic N) is 3. The Balaban J connectivity index is 1.66. The first-order valence-corrected chi connectivity index (χ1v) is 9.39. The summed E-state index contributed by atoms with van der Waals surface area (Å²) in [5, 5.41) is 4.06. The lowest BCUT2D eigenvalue weighted by molar-refractivity contribution is 0.580. The zero-order chi connectivity index (χ0) is 17.9. The highest BCUT2D eigenvalue weighted by molar-refractivity contribution is 7.89. The van der Waals surface area contributed by atoms with Crippen molar-refractivity contribution in [2.24, 2.45) is 0 Å². The number of sulfonamides is 1. The van der Waals surface area contributed by atoms with Gasteiger partial charge in [0.05, 0.1) is 11.4 Å². The monoisotopic (exact) mass is 356 g/mol. The van der Waals surface area contributed by atoms with Crippen LogP contribution in [0.15, 0.2) is 60.0 Å². The number of rotatable bonds is 6. The van der Waals surface area contributed by atoms with Gasteiger partial charge in [0.1, 0.15) is 12.7 Å². The molecule has 0 aliphatic heterocycles. The third-order valence-electron chi connectivity index (χ3n) is 3.92. The van der Waals surface area contributed by atoms with Crippen molar-refractivity contribution in [3.05, 3.63) is 77.4 Å². The maximum Gasteiger partial charge on any atom is 0.241 e. The molecule has 6 nitrogen and oxygen atoms in total. The summed E-state index contributed by atoms with van der Waals surface area (Å²) in [4.78, 5) is 4.23. The maximum absolute atomic E-state index is 12.5. The van der Waals surface area contributed by atoms with Crippen LogP contribution in [0.4, 0.5) is 0 Å². The van der Waals surface area contributed by atoms with Gasteiger partial charge in [-0.3, -0.25) is 0 Å². The third kappa shape index (κ3) is 4.32. The van der Waals surface area contributed by atoms with Crippen LogP contribution in [0.3, 0.4) is 0 Å². The van der Waals surface area contributed by atoms with Crippen LogP contribution in [0, 0.1) is 13.8 Å². The number of aryl methyl sites for hydroxylation is 2. The second-order valence-electron chi connectivity index (χ2n) is 6.00. The van der Waals surface area contributed by atoms with E-state index in [1.54, 1.807) is 30.1 Å². The zero-order valence-corrected chi connectivity index (χ0v) is 15.0. The van der Waals surface area contributed by atoms with Crippen LogP contribution in [-0.2, 0) is 23.1 Å². The molecule has 3 aromatic rings. The predicted octanol–water partition coefficient (Wildman–Crippen LogP) is 2.42. The van der Waals surface area contributed by atoms with Crippen molar-refractivity contribution in [1.29, 1.82) is 0 Å². The molecule has 0 amide bonds. The average Bonchev–Trinajstić information content (AvgIpc) is 3.07. The van der Waals surface area contributed by atoms with Crippen LogP contribution in [-0.4, -0.2) is 23.2 Å². The largest absolute Gasteiger partial charge is 0.249 e. The summed E-state index contributed by atoms with van der Waals surface area (Å²) in [7, 11) is -3.53. The Morgan fingerprint density at radius 2 is 1.76 bits per heavy atom. The summed E-state index contributed by atoms with van der Waals surface area (Å²) in [6.07, 6.45) is 3.15. The fourth-order valence-electron chi connectivity index (χ4n) is 2.62. The number of aromatic nitrogens is 3. The van der Waals surface area contributed by atoms with E-state index >= 15 is 0 Å². The van der Waals surface area contributed by atoms with E-state index in [0.29, 0.717) is 11.4 Å². The molecule has 0 aliphatic rings. The molecular formula is C18H20N4O2S. The molecule has 0 atom stereocenters. The normalized spacial score (nSPS) is 11.6. The van der Waals surface area contributed by atoms with Gasteiger partial charge < -0.3 is 0 Å². The van der Waals surface area contributed by atoms with Gasteiger partial charge in [0, 0.05) is 6.54 Å². The molecule has 1 heterocycles. The molecule has 0 radical (unpaired) electrons. The van der Waals surface area contributed by atoms with Crippen LogP contribution < -0.4 is 4.72 Å². The Hall–Kier alpha value is -2.51. The minimum atomic E-state index is -3.53. The molecule has 0 spiro atoms. The quantitative estimate of drug-likeness (QED) is 0.736. The lowest BCUT2D eigenvalue weighted by Crippen LogP contribution is -2.24. The van der Waals surface area contributed by atoms with Gasteiger partial charge in [-0.25, -0.2) is 22.8 Å². The Bertz CT molecular complexity index is 949. The van der Waals surface area contributed by atoms with E-state index < -0.39 is 10.0 Å². The first-order valence-electron chi connectivity index (χ1n) is 7.91. The summed E-state index contributed by atoms with van der Waals surface area (Å²) >= 11 is 0. The van der Waals surface area contributed by atoms with E-state index in [9.17, 15) is 8.42 Å². The van der Waals surface area contributed by atoms with Crippen molar-refractivity contribution in [3.63, 3.8) is 0 Å². The molecule has 0 bridgehead atoms. The van der Waals surface area contributed by atoms with E-state index in [2.05, 4.69) is 14.8 Å². The van der Waals surface area contributed by atoms with Gasteiger partial charge in [0.2, 0.25) is 10.0 Å². The molecule has 0 fully saturated rings. The minimum Gasteiger partial charge on any atom is -0.249 e. The molecule has 25 heavy (non-hydrogen) atoms. The topological polar surface area (TPSA) is 76.9 Å². The van der Waals surface area contributed by atoms with Crippen LogP contribution in [0.2, 0.25) is 0 Å². The average molecular weight is 356 g/mol. The Kier molecular flexibility index (Phi) is 4.96. The summed E-state index contributed by atoms with van der Waals surface area (Å²) in [6.45, 7) is 4.63. The Morgan fingerprint density at radius 1 is 1.04 bits per heavy atom. The molecule has 0 saturated carbocycles. The highest BCUT2D eigenvalue weighted by Crippen LogP contribution is 2.17. The van der Waals surface area contributed by atoms with Crippen molar-refractivity contribution in [1.82, 2.24) is 19.5 Å². The summed E-state index contributed by atoms with van der Waals surface area (Å²) in [6, 6.07) is 13.1. The fraction of sp³-hybridized carbons (Fsp3) is 0.222. The van der Waals surface area contributed by atoms with Gasteiger partial charge in [0.15, 0.2) is 0 Å². The molecule has 1 N–H and O–H groups in total. The summed E-state index contributed by atoms with van der Waals surface area (Å²) < 4.78 is 29.4. The van der Waals surface area contributed by atoms with Crippen LogP contribution in [0.25, 0.3) is 0 Å². The molecule has 2 aromatic carbocycles. The van der Waals surface area contributed by atoms with Gasteiger partial charge >= 0.3 is 0 Å². The maximum atomic E-state index is 12.5. The molecule has 1 aromatic heterocycles. The smallest absolute Gasteiger partial charge is 0.241 e. The van der Waals surface area contributed by atoms with Crippen molar-refractivity contribution < 1.29 is 8.42 Å². The molecular weight excluding hydrogens is 336 g/mol. The molecule has 0 aliphatic carbocycles. The van der Waals surface area contributed by atoms with Crippen LogP contribution in [0.5, 0.6) is 0 Å². The second kappa shape index (κ2) is 7.16. The van der Waals surface area contributed by atoms with Gasteiger partial charge in [-0.2, -0.15) is 5.10 Å². The molecule has 7 heteroatoms. The molecule has 0 unspecified atom stereocenters. The van der Waals surface area contributed by atoms with Crippen molar-refractivity contribution in [2.45, 2.75) is 31.8 Å². The molecule has 130 valence electrons. The Morgan fingerprint density at radius 3 is 2.40 bits per heavy atom. The number of hydrogen-bond donors (Lipinski definition) is 1. The highest BCUT2D eigenvalue weighted by atomic mass is 32.2. The first-order chi connectivity index (χ1) is 11.9. The van der Waals surface area contributed by atoms with Crippen LogP contribution in [0.1, 0.15) is 22.3 Å². The van der Waals surface area contributed by atoms with Crippen molar-refractivity contribution in [2.75, 3.05) is 0 Å². The predicted molar refractivity (Wildman–Crippen MR) is 95.5 cm³/mol. The highest BCUT2D eigenvalue weighted by Gasteiger charge is 2.16. The van der Waals surface area contributed by atoms with E-state index in [1.165, 1.54) is 6.33 Å². The number of nitrogens with one attached hydrogen (secondary N) is 1. The molecule has 3 rings (SSSR count). The third-order valence-corrected chi connectivity index (χ3v) is 5.48. The van der Waals surface area contributed by atoms with Gasteiger partial charge in [-0.1, -0.05) is 42.0 Å². The van der Waals surface area contributed by atoms with Crippen LogP contribution >= 0.6 is 0 Å². The molecule has 0 saturated heterocycles. The number of hydrogen-bond acceptors (Lipinski definition) is 4. The number of benzene rings is 2. The summed E-state index contributed by atoms with van der Waals surface area (Å²) in [5.74, 6) is 0. The van der Waals surface area contributed by atoms with Crippen molar-refractivity contribution >= 4 is 10.0 Å². The van der Waals surface area contributed by atoms with Gasteiger partial charge in [0.25, 0.3) is 0 Å². The Labute approximate surface area is 147 Å². The van der Waals surface area contributed by atoms with E-state index in [0.717, 1.165) is 22.3 Å². The minimum absolute atomic E-state index is 0.249. The fourth-order valence-corrected chi connectivity index (χ4v) is 3.86. The first kappa shape index (κ1) is 17.3. The standard InChI is InChI=1S/C18H20N4O2S/c1-14-3-8-18(15(2)9-14)25(23,24)21-10-16-4-6-17(7-5-16)11-22-13-19-12-20-22/h3-9,12-13,21H,10-11H2,1-2H3. The van der Waals surface area contributed by atoms with Crippen molar-refractivity contribution in [3.8, 4) is 0 Å². The van der Waals surface area contributed by atoms with Gasteiger partial charge in [-0.15, -0.1) is 0 Å². The van der Waals surface area contributed by atoms with E-state index in [1.807, 2.05) is 37.3 Å². The second-order valence-corrected chi connectivity index (χ2v) is 7.74. The van der Waals surface area contributed by atoms with E-state index in [4.69, 9.17) is 0 Å². The SMILES string of the molecule is Cc1ccc(S(=O)(=O)NCc2ccc(Cn3cncn3)cc2)c(C)c1. The lowest BCUT2D eigenvalue weighted by atomic mass is 10.1.